The number of carbonyl (C=O) groups excluding carboxylic acids is 1. The van der Waals surface area contributed by atoms with Gasteiger partial charge in [-0.2, -0.15) is 0 Å². The second kappa shape index (κ2) is 15.8. The molecule has 45 heavy (non-hydrogen) atoms. The van der Waals surface area contributed by atoms with Gasteiger partial charge in [0, 0.05) is 49.4 Å². The first-order valence-corrected chi connectivity index (χ1v) is 15.5. The van der Waals surface area contributed by atoms with Gasteiger partial charge in [-0.1, -0.05) is 65.2 Å². The summed E-state index contributed by atoms with van der Waals surface area (Å²) in [5.74, 6) is 1.65. The van der Waals surface area contributed by atoms with Crippen LogP contribution in [0.4, 0.5) is 0 Å². The van der Waals surface area contributed by atoms with Gasteiger partial charge in [-0.25, -0.2) is 4.98 Å². The van der Waals surface area contributed by atoms with Crippen LogP contribution < -0.4 is 9.47 Å². The molecule has 6 nitrogen and oxygen atoms in total. The molecule has 0 atom stereocenters. The van der Waals surface area contributed by atoms with E-state index >= 15 is 0 Å². The highest BCUT2D eigenvalue weighted by Gasteiger charge is 2.23. The van der Waals surface area contributed by atoms with Crippen LogP contribution in [0.1, 0.15) is 41.7 Å². The average Bonchev–Trinajstić information content (AvgIpc) is 3.03. The van der Waals surface area contributed by atoms with E-state index in [4.69, 9.17) is 32.7 Å². The highest BCUT2D eigenvalue weighted by molar-refractivity contribution is 8.93. The molecule has 0 aliphatic carbocycles. The zero-order valence-corrected chi connectivity index (χ0v) is 29.2. The number of nitrogens with zero attached hydrogens (tertiary/aromatic N) is 3. The van der Waals surface area contributed by atoms with Gasteiger partial charge >= 0.3 is 0 Å². The fourth-order valence-electron chi connectivity index (χ4n) is 5.12. The minimum Gasteiger partial charge on any atom is -0.487 e. The molecule has 236 valence electrons. The van der Waals surface area contributed by atoms with E-state index in [1.54, 1.807) is 12.3 Å². The predicted molar refractivity (Wildman–Crippen MR) is 188 cm³/mol. The molecule has 0 spiro atoms. The molecule has 0 bridgehead atoms. The Kier molecular flexibility index (Phi) is 12.1. The van der Waals surface area contributed by atoms with Gasteiger partial charge in [0.05, 0.1) is 11.2 Å². The molecular formula is C36H38BrCl2N3O3. The number of carbonyl (C=O) groups is 1. The molecule has 0 radical (unpaired) electrons. The molecule has 9 heteroatoms. The van der Waals surface area contributed by atoms with Crippen LogP contribution in [0.25, 0.3) is 5.57 Å². The van der Waals surface area contributed by atoms with Crippen LogP contribution in [0.5, 0.6) is 17.4 Å². The standard InChI is InChI=1S/C36H37Cl2N3O3.BrH/c1-24-5-7-29(8-6-24)23-43-32-13-14-34(39-21-32)44-35-25(2)19-30(20-33(35)38)26(3)27(4)36(42)41-17-15-40(16-18-41)22-28-9-11-31(37)12-10-28;/h5-14,19-21H,15-18,22-23H2,1-4H3;1H. The lowest BCUT2D eigenvalue weighted by molar-refractivity contribution is -0.128. The van der Waals surface area contributed by atoms with Crippen molar-refractivity contribution in [3.63, 3.8) is 0 Å². The normalized spacial score (nSPS) is 14.0. The lowest BCUT2D eigenvalue weighted by Gasteiger charge is -2.35. The molecule has 4 aromatic rings. The first-order chi connectivity index (χ1) is 21.2. The summed E-state index contributed by atoms with van der Waals surface area (Å²) >= 11 is 12.7. The number of halogens is 3. The summed E-state index contributed by atoms with van der Waals surface area (Å²) in [4.78, 5) is 22.1. The Balaban J connectivity index is 0.00000461. The minimum absolute atomic E-state index is 0. The third kappa shape index (κ3) is 9.10. The minimum atomic E-state index is 0. The molecule has 1 fully saturated rings. The van der Waals surface area contributed by atoms with Crippen LogP contribution in [0.3, 0.4) is 0 Å². The predicted octanol–water partition coefficient (Wildman–Crippen LogP) is 9.09. The molecule has 2 heterocycles. The van der Waals surface area contributed by atoms with Crippen molar-refractivity contribution in [3.8, 4) is 17.4 Å². The first kappa shape index (κ1) is 34.5. The van der Waals surface area contributed by atoms with Gasteiger partial charge in [0.25, 0.3) is 0 Å². The van der Waals surface area contributed by atoms with Crippen LogP contribution in [-0.2, 0) is 17.9 Å². The average molecular weight is 712 g/mol. The number of allylic oxidation sites excluding steroid dienone is 1. The van der Waals surface area contributed by atoms with Gasteiger partial charge in [0.1, 0.15) is 12.4 Å². The number of aryl methyl sites for hydroxylation is 2. The van der Waals surface area contributed by atoms with Crippen LogP contribution >= 0.6 is 40.2 Å². The van der Waals surface area contributed by atoms with Crippen molar-refractivity contribution >= 4 is 51.7 Å². The monoisotopic (exact) mass is 709 g/mol. The molecule has 1 amide bonds. The molecule has 5 rings (SSSR count). The van der Waals surface area contributed by atoms with Gasteiger partial charge in [-0.3, -0.25) is 9.69 Å². The first-order valence-electron chi connectivity index (χ1n) is 14.7. The molecule has 1 aromatic heterocycles. The quantitative estimate of drug-likeness (QED) is 0.162. The summed E-state index contributed by atoms with van der Waals surface area (Å²) in [6, 6.07) is 23.6. The van der Waals surface area contributed by atoms with Crippen LogP contribution in [0.2, 0.25) is 10.0 Å². The van der Waals surface area contributed by atoms with Crippen molar-refractivity contribution in [2.75, 3.05) is 26.2 Å². The summed E-state index contributed by atoms with van der Waals surface area (Å²) in [5, 5.41) is 1.19. The number of hydrogen-bond acceptors (Lipinski definition) is 5. The molecule has 0 saturated carbocycles. The summed E-state index contributed by atoms with van der Waals surface area (Å²) < 4.78 is 11.9. The lowest BCUT2D eigenvalue weighted by Crippen LogP contribution is -2.48. The smallest absolute Gasteiger partial charge is 0.249 e. The van der Waals surface area contributed by atoms with Crippen LogP contribution in [0.15, 0.2) is 84.6 Å². The fourth-order valence-corrected chi connectivity index (χ4v) is 5.55. The molecule has 1 aliphatic heterocycles. The summed E-state index contributed by atoms with van der Waals surface area (Å²) in [7, 11) is 0. The molecule has 3 aromatic carbocycles. The largest absolute Gasteiger partial charge is 0.487 e. The molecular weight excluding hydrogens is 673 g/mol. The number of aromatic nitrogens is 1. The van der Waals surface area contributed by atoms with E-state index < -0.39 is 0 Å². The maximum absolute atomic E-state index is 13.4. The van der Waals surface area contributed by atoms with Crippen LogP contribution in [-0.4, -0.2) is 46.9 Å². The van der Waals surface area contributed by atoms with Crippen molar-refractivity contribution in [2.24, 2.45) is 0 Å². The van der Waals surface area contributed by atoms with E-state index in [0.29, 0.717) is 47.7 Å². The van der Waals surface area contributed by atoms with Crippen molar-refractivity contribution in [1.82, 2.24) is 14.8 Å². The SMILES string of the molecule is Br.CC(C(=O)N1CCN(Cc2ccc(Cl)cc2)CC1)=C(C)c1cc(C)c(Oc2ccc(OCc3ccc(C)cc3)cn2)c(Cl)c1. The summed E-state index contributed by atoms with van der Waals surface area (Å²) in [5.41, 5.74) is 6.87. The highest BCUT2D eigenvalue weighted by atomic mass is 79.9. The highest BCUT2D eigenvalue weighted by Crippen LogP contribution is 2.36. The van der Waals surface area contributed by atoms with E-state index in [1.807, 2.05) is 56.0 Å². The molecule has 0 unspecified atom stereocenters. The van der Waals surface area contributed by atoms with Crippen molar-refractivity contribution in [2.45, 2.75) is 40.8 Å². The number of pyridine rings is 1. The fraction of sp³-hybridized carbons (Fsp3) is 0.278. The Bertz CT molecular complexity index is 1610. The number of benzene rings is 3. The maximum atomic E-state index is 13.4. The topological polar surface area (TPSA) is 54.9 Å². The number of amides is 1. The van der Waals surface area contributed by atoms with E-state index in [9.17, 15) is 4.79 Å². The molecule has 1 aliphatic rings. The summed E-state index contributed by atoms with van der Waals surface area (Å²) in [6.45, 7) is 12.2. The Labute approximate surface area is 286 Å². The summed E-state index contributed by atoms with van der Waals surface area (Å²) in [6.07, 6.45) is 1.64. The van der Waals surface area contributed by atoms with Crippen LogP contribution in [0, 0.1) is 13.8 Å². The Morgan fingerprint density at radius 2 is 1.53 bits per heavy atom. The Morgan fingerprint density at radius 3 is 2.16 bits per heavy atom. The molecule has 0 N–H and O–H groups in total. The molecule has 1 saturated heterocycles. The Hall–Kier alpha value is -3.36. The van der Waals surface area contributed by atoms with Gasteiger partial charge in [0.2, 0.25) is 11.8 Å². The van der Waals surface area contributed by atoms with Crippen molar-refractivity contribution in [3.05, 3.63) is 122 Å². The third-order valence-corrected chi connectivity index (χ3v) is 8.50. The Morgan fingerprint density at radius 1 is 0.867 bits per heavy atom. The lowest BCUT2D eigenvalue weighted by atomic mass is 9.99. The van der Waals surface area contributed by atoms with E-state index in [1.165, 1.54) is 11.1 Å². The van der Waals surface area contributed by atoms with E-state index in [0.717, 1.165) is 46.9 Å². The number of piperazine rings is 1. The number of hydrogen-bond donors (Lipinski definition) is 0. The van der Waals surface area contributed by atoms with E-state index in [-0.39, 0.29) is 22.9 Å². The van der Waals surface area contributed by atoms with Gasteiger partial charge in [-0.05, 0) is 85.9 Å². The zero-order chi connectivity index (χ0) is 31.2. The van der Waals surface area contributed by atoms with Gasteiger partial charge in [-0.15, -0.1) is 17.0 Å². The van der Waals surface area contributed by atoms with Crippen molar-refractivity contribution in [1.29, 1.82) is 0 Å². The van der Waals surface area contributed by atoms with Crippen molar-refractivity contribution < 1.29 is 14.3 Å². The van der Waals surface area contributed by atoms with Gasteiger partial charge in [0.15, 0.2) is 5.75 Å². The van der Waals surface area contributed by atoms with Gasteiger partial charge < -0.3 is 14.4 Å². The second-order valence-corrected chi connectivity index (χ2v) is 12.1. The van der Waals surface area contributed by atoms with E-state index in [2.05, 4.69) is 53.2 Å². The number of rotatable bonds is 9. The zero-order valence-electron chi connectivity index (χ0n) is 26.0. The maximum Gasteiger partial charge on any atom is 0.249 e. The third-order valence-electron chi connectivity index (χ3n) is 7.97. The second-order valence-electron chi connectivity index (χ2n) is 11.3. The number of ether oxygens (including phenoxy) is 2.